The van der Waals surface area contributed by atoms with Crippen LogP contribution in [0.2, 0.25) is 0 Å². The minimum Gasteiger partial charge on any atom is -0.508 e. The van der Waals surface area contributed by atoms with Gasteiger partial charge in [0, 0.05) is 5.56 Å². The van der Waals surface area contributed by atoms with Gasteiger partial charge in [-0.25, -0.2) is 0 Å². The first-order chi connectivity index (χ1) is 20.9. The summed E-state index contributed by atoms with van der Waals surface area (Å²) in [7, 11) is 0. The summed E-state index contributed by atoms with van der Waals surface area (Å²) in [6, 6.07) is 31.1. The summed E-state index contributed by atoms with van der Waals surface area (Å²) in [6.07, 6.45) is 9.71. The molecule has 0 aliphatic heterocycles. The summed E-state index contributed by atoms with van der Waals surface area (Å²) in [5.74, 6) is 1.30. The highest BCUT2D eigenvalue weighted by atomic mass is 16.3. The Bertz CT molecular complexity index is 1450. The minimum atomic E-state index is 0.209. The summed E-state index contributed by atoms with van der Waals surface area (Å²) in [4.78, 5) is 0. The molecule has 0 radical (unpaired) electrons. The van der Waals surface area contributed by atoms with Crippen LogP contribution in [0.4, 0.5) is 0 Å². The summed E-state index contributed by atoms with van der Waals surface area (Å²) in [6.45, 7) is 13.9. The molecule has 0 aliphatic carbocycles. The van der Waals surface area contributed by atoms with Crippen LogP contribution in [0, 0.1) is 0 Å². The predicted molar refractivity (Wildman–Crippen MR) is 186 cm³/mol. The molecule has 0 aliphatic rings. The van der Waals surface area contributed by atoms with Gasteiger partial charge in [-0.1, -0.05) is 140 Å². The lowest BCUT2D eigenvalue weighted by Gasteiger charge is -2.29. The third-order valence-electron chi connectivity index (χ3n) is 9.31. The molecule has 0 saturated heterocycles. The van der Waals surface area contributed by atoms with Gasteiger partial charge in [-0.2, -0.15) is 0 Å². The molecule has 0 amide bonds. The van der Waals surface area contributed by atoms with Gasteiger partial charge in [0.15, 0.2) is 0 Å². The topological polar surface area (TPSA) is 20.2 Å². The van der Waals surface area contributed by atoms with E-state index < -0.39 is 0 Å². The van der Waals surface area contributed by atoms with Crippen molar-refractivity contribution in [1.29, 1.82) is 0 Å². The van der Waals surface area contributed by atoms with Gasteiger partial charge in [0.1, 0.15) is 5.75 Å². The summed E-state index contributed by atoms with van der Waals surface area (Å²) in [5, 5.41) is 11.6. The van der Waals surface area contributed by atoms with Crippen molar-refractivity contribution in [3.63, 3.8) is 0 Å². The summed E-state index contributed by atoms with van der Waals surface area (Å²) < 4.78 is 0. The molecule has 43 heavy (non-hydrogen) atoms. The van der Waals surface area contributed by atoms with Crippen molar-refractivity contribution in [3.05, 3.63) is 135 Å². The highest BCUT2D eigenvalue weighted by molar-refractivity contribution is 5.51. The Morgan fingerprint density at radius 3 is 1.19 bits per heavy atom. The molecule has 0 heterocycles. The Morgan fingerprint density at radius 1 is 0.442 bits per heavy atom. The van der Waals surface area contributed by atoms with Gasteiger partial charge in [-0.3, -0.25) is 0 Å². The van der Waals surface area contributed by atoms with Gasteiger partial charge in [-0.05, 0) is 107 Å². The van der Waals surface area contributed by atoms with Gasteiger partial charge >= 0.3 is 0 Å². The van der Waals surface area contributed by atoms with Crippen LogP contribution in [0.5, 0.6) is 5.75 Å². The molecule has 4 aromatic rings. The fourth-order valence-electron chi connectivity index (χ4n) is 7.25. The maximum absolute atomic E-state index is 11.6. The Hall–Kier alpha value is -3.32. The molecule has 1 nitrogen and oxygen atoms in total. The van der Waals surface area contributed by atoms with Crippen LogP contribution in [-0.2, 0) is 38.5 Å². The van der Waals surface area contributed by atoms with E-state index in [0.29, 0.717) is 11.7 Å². The van der Waals surface area contributed by atoms with Crippen molar-refractivity contribution in [2.75, 3.05) is 0 Å². The molecule has 0 bridgehead atoms. The Labute approximate surface area is 262 Å². The van der Waals surface area contributed by atoms with E-state index in [-0.39, 0.29) is 11.8 Å². The molecule has 0 fully saturated rings. The molecule has 4 rings (SSSR count). The maximum Gasteiger partial charge on any atom is 0.119 e. The number of phenols is 1. The average Bonchev–Trinajstić information content (AvgIpc) is 3.00. The lowest BCUT2D eigenvalue weighted by molar-refractivity contribution is 0.458. The molecule has 3 atom stereocenters. The minimum absolute atomic E-state index is 0.209. The van der Waals surface area contributed by atoms with Crippen LogP contribution in [0.15, 0.2) is 84.9 Å². The fraction of sp³-hybridized carbons (Fsp3) is 0.429. The van der Waals surface area contributed by atoms with E-state index in [1.807, 2.05) is 6.07 Å². The Balaban J connectivity index is 1.79. The molecule has 1 N–H and O–H groups in total. The zero-order valence-electron chi connectivity index (χ0n) is 27.6. The largest absolute Gasteiger partial charge is 0.508 e. The number of hydrogen-bond acceptors (Lipinski definition) is 1. The summed E-state index contributed by atoms with van der Waals surface area (Å²) >= 11 is 0. The van der Waals surface area contributed by atoms with Crippen molar-refractivity contribution >= 4 is 0 Å². The molecule has 0 aromatic heterocycles. The van der Waals surface area contributed by atoms with E-state index in [1.165, 1.54) is 44.5 Å². The SMILES string of the molecule is CCCc1ccccc1CC(C)c1ccc(O)c(C(C)Cc2ccccc2CCC)c1C(C)Cc1ccccc1CCC. The molecule has 0 saturated carbocycles. The number of aryl methyl sites for hydroxylation is 3. The number of phenolic OH excluding ortho intramolecular Hbond substituents is 1. The van der Waals surface area contributed by atoms with Crippen LogP contribution < -0.4 is 0 Å². The monoisotopic (exact) mass is 574 g/mol. The molecule has 4 aromatic carbocycles. The number of rotatable bonds is 15. The molecule has 1 heteroatoms. The van der Waals surface area contributed by atoms with Gasteiger partial charge in [0.05, 0.1) is 0 Å². The highest BCUT2D eigenvalue weighted by Gasteiger charge is 2.26. The number of aromatic hydroxyl groups is 1. The third-order valence-corrected chi connectivity index (χ3v) is 9.31. The Kier molecular flexibility index (Phi) is 12.1. The van der Waals surface area contributed by atoms with Crippen LogP contribution in [0.25, 0.3) is 0 Å². The van der Waals surface area contributed by atoms with Gasteiger partial charge in [-0.15, -0.1) is 0 Å². The van der Waals surface area contributed by atoms with E-state index in [2.05, 4.69) is 120 Å². The van der Waals surface area contributed by atoms with Crippen molar-refractivity contribution in [3.8, 4) is 5.75 Å². The second kappa shape index (κ2) is 15.9. The highest BCUT2D eigenvalue weighted by Crippen LogP contribution is 2.42. The van der Waals surface area contributed by atoms with Gasteiger partial charge < -0.3 is 5.11 Å². The van der Waals surface area contributed by atoms with Crippen molar-refractivity contribution < 1.29 is 5.11 Å². The van der Waals surface area contributed by atoms with E-state index in [4.69, 9.17) is 0 Å². The molecular formula is C42H54O. The third kappa shape index (κ3) is 8.20. The maximum atomic E-state index is 11.6. The van der Waals surface area contributed by atoms with Gasteiger partial charge in [0.2, 0.25) is 0 Å². The van der Waals surface area contributed by atoms with E-state index in [9.17, 15) is 5.11 Å². The van der Waals surface area contributed by atoms with Crippen LogP contribution in [-0.4, -0.2) is 5.11 Å². The predicted octanol–water partition coefficient (Wildman–Crippen LogP) is 11.3. The quantitative estimate of drug-likeness (QED) is 0.150. The van der Waals surface area contributed by atoms with Gasteiger partial charge in [0.25, 0.3) is 0 Å². The molecule has 3 unspecified atom stereocenters. The number of hydrogen-bond donors (Lipinski definition) is 1. The van der Waals surface area contributed by atoms with Crippen molar-refractivity contribution in [2.24, 2.45) is 0 Å². The van der Waals surface area contributed by atoms with Crippen LogP contribution in [0.1, 0.15) is 129 Å². The fourth-order valence-corrected chi connectivity index (χ4v) is 7.25. The molecule has 0 spiro atoms. The second-order valence-electron chi connectivity index (χ2n) is 12.9. The first-order valence-corrected chi connectivity index (χ1v) is 16.9. The average molecular weight is 575 g/mol. The van der Waals surface area contributed by atoms with Crippen molar-refractivity contribution in [1.82, 2.24) is 0 Å². The molecule has 228 valence electrons. The van der Waals surface area contributed by atoms with E-state index in [0.717, 1.165) is 63.4 Å². The first kappa shape index (κ1) is 32.6. The van der Waals surface area contributed by atoms with Crippen LogP contribution in [0.3, 0.4) is 0 Å². The Morgan fingerprint density at radius 2 is 0.791 bits per heavy atom. The first-order valence-electron chi connectivity index (χ1n) is 16.9. The van der Waals surface area contributed by atoms with E-state index >= 15 is 0 Å². The lowest BCUT2D eigenvalue weighted by atomic mass is 9.76. The second-order valence-corrected chi connectivity index (χ2v) is 12.9. The van der Waals surface area contributed by atoms with E-state index in [1.54, 1.807) is 0 Å². The summed E-state index contributed by atoms with van der Waals surface area (Å²) in [5.41, 5.74) is 12.6. The zero-order valence-corrected chi connectivity index (χ0v) is 27.6. The smallest absolute Gasteiger partial charge is 0.119 e. The standard InChI is InChI=1S/C42H54O/c1-7-16-33-19-10-13-22-36(33)27-30(4)39-25-26-40(43)42(32(6)29-38-24-15-12-21-35(38)18-9-3)41(39)31(5)28-37-23-14-11-20-34(37)17-8-2/h10-15,19-26,30-32,43H,7-9,16-18,27-29H2,1-6H3. The van der Waals surface area contributed by atoms with Crippen LogP contribution >= 0.6 is 0 Å². The number of benzene rings is 4. The zero-order chi connectivity index (χ0) is 30.8. The normalized spacial score (nSPS) is 13.5. The van der Waals surface area contributed by atoms with Crippen molar-refractivity contribution in [2.45, 2.75) is 117 Å². The molecular weight excluding hydrogens is 520 g/mol. The lowest BCUT2D eigenvalue weighted by Crippen LogP contribution is -2.14.